The van der Waals surface area contributed by atoms with E-state index in [2.05, 4.69) is 44.9 Å². The number of morpholine rings is 1. The quantitative estimate of drug-likeness (QED) is 0.766. The van der Waals surface area contributed by atoms with Gasteiger partial charge in [0.1, 0.15) is 5.82 Å². The van der Waals surface area contributed by atoms with Gasteiger partial charge in [-0.3, -0.25) is 0 Å². The lowest BCUT2D eigenvalue weighted by Gasteiger charge is -2.37. The van der Waals surface area contributed by atoms with Gasteiger partial charge in [-0.05, 0) is 19.1 Å². The van der Waals surface area contributed by atoms with E-state index in [-0.39, 0.29) is 12.2 Å². The number of hydrogen-bond donors (Lipinski definition) is 0. The Balaban J connectivity index is 2.03. The molecular weight excluding hydrogens is 340 g/mol. The Morgan fingerprint density at radius 3 is 3.00 bits per heavy atom. The van der Waals surface area contributed by atoms with Crippen molar-refractivity contribution in [3.05, 3.63) is 34.9 Å². The fraction of sp³-hybridized carbons (Fsp3) is 0.400. The molecule has 1 saturated heterocycles. The van der Waals surface area contributed by atoms with Crippen LogP contribution in [0.15, 0.2) is 34.9 Å². The first-order valence-electron chi connectivity index (χ1n) is 6.68. The van der Waals surface area contributed by atoms with Crippen molar-refractivity contribution in [2.24, 2.45) is 0 Å². The van der Waals surface area contributed by atoms with E-state index in [4.69, 9.17) is 16.3 Å². The fourth-order valence-corrected chi connectivity index (χ4v) is 3.38. The van der Waals surface area contributed by atoms with Gasteiger partial charge in [0.05, 0.1) is 18.1 Å². The van der Waals surface area contributed by atoms with Gasteiger partial charge < -0.3 is 9.64 Å². The van der Waals surface area contributed by atoms with E-state index >= 15 is 0 Å². The molecule has 1 aromatic heterocycles. The Morgan fingerprint density at radius 1 is 1.35 bits per heavy atom. The summed E-state index contributed by atoms with van der Waals surface area (Å²) >= 11 is 9.56. The van der Waals surface area contributed by atoms with Crippen LogP contribution in [0.25, 0.3) is 10.8 Å². The van der Waals surface area contributed by atoms with Crippen LogP contribution in [0, 0.1) is 0 Å². The highest BCUT2D eigenvalue weighted by Crippen LogP contribution is 2.31. The predicted octanol–water partition coefficient (Wildman–Crippen LogP) is 3.83. The monoisotopic (exact) mass is 354 g/mol. The van der Waals surface area contributed by atoms with E-state index in [9.17, 15) is 0 Å². The largest absolute Gasteiger partial charge is 0.370 e. The van der Waals surface area contributed by atoms with Crippen molar-refractivity contribution in [1.29, 1.82) is 0 Å². The summed E-state index contributed by atoms with van der Waals surface area (Å²) in [5, 5.41) is 2.34. The minimum atomic E-state index is 0.0598. The molecule has 2 atom stereocenters. The lowest BCUT2D eigenvalue weighted by Crippen LogP contribution is -2.47. The predicted molar refractivity (Wildman–Crippen MR) is 86.7 cm³/mol. The van der Waals surface area contributed by atoms with Crippen molar-refractivity contribution < 1.29 is 4.74 Å². The van der Waals surface area contributed by atoms with Crippen LogP contribution >= 0.6 is 27.5 Å². The van der Waals surface area contributed by atoms with Crippen LogP contribution in [0.3, 0.4) is 0 Å². The van der Waals surface area contributed by atoms with E-state index in [0.717, 1.165) is 28.8 Å². The molecule has 2 unspecified atom stereocenters. The number of benzene rings is 1. The maximum Gasteiger partial charge on any atom is 0.136 e. The van der Waals surface area contributed by atoms with E-state index in [1.54, 1.807) is 0 Å². The van der Waals surface area contributed by atoms with Crippen molar-refractivity contribution in [1.82, 2.24) is 4.98 Å². The lowest BCUT2D eigenvalue weighted by molar-refractivity contribution is -0.00347. The number of rotatable bonds is 2. The Morgan fingerprint density at radius 2 is 2.20 bits per heavy atom. The number of hydrogen-bond acceptors (Lipinski definition) is 3. The first-order chi connectivity index (χ1) is 9.69. The molecule has 1 aromatic carbocycles. The van der Waals surface area contributed by atoms with E-state index < -0.39 is 0 Å². The molecule has 5 heteroatoms. The van der Waals surface area contributed by atoms with Gasteiger partial charge in [-0.2, -0.15) is 0 Å². The summed E-state index contributed by atoms with van der Waals surface area (Å²) in [7, 11) is 0. The molecule has 0 saturated carbocycles. The maximum atomic E-state index is 5.96. The van der Waals surface area contributed by atoms with Crippen LogP contribution in [0.1, 0.15) is 6.92 Å². The lowest BCUT2D eigenvalue weighted by atomic mass is 10.1. The first-order valence-corrected chi connectivity index (χ1v) is 8.01. The summed E-state index contributed by atoms with van der Waals surface area (Å²) in [6, 6.07) is 8.24. The molecule has 2 aromatic rings. The summed E-state index contributed by atoms with van der Waals surface area (Å²) in [5.74, 6) is 1.52. The van der Waals surface area contributed by atoms with Crippen LogP contribution in [0.4, 0.5) is 5.82 Å². The van der Waals surface area contributed by atoms with E-state index in [1.807, 2.05) is 18.3 Å². The molecular formula is C15H16BrClN2O. The molecule has 3 nitrogen and oxygen atoms in total. The molecule has 3 rings (SSSR count). The number of nitrogens with zero attached hydrogens (tertiary/aromatic N) is 2. The Bertz CT molecular complexity index is 622. The molecule has 20 heavy (non-hydrogen) atoms. The molecule has 1 aliphatic rings. The average molecular weight is 356 g/mol. The number of aromatic nitrogens is 1. The van der Waals surface area contributed by atoms with Crippen molar-refractivity contribution in [3.63, 3.8) is 0 Å². The minimum Gasteiger partial charge on any atom is -0.370 e. The van der Waals surface area contributed by atoms with Gasteiger partial charge in [-0.25, -0.2) is 4.98 Å². The third kappa shape index (κ3) is 2.65. The maximum absolute atomic E-state index is 5.96. The number of alkyl halides is 1. The molecule has 106 valence electrons. The third-order valence-corrected chi connectivity index (χ3v) is 4.57. The van der Waals surface area contributed by atoms with Crippen LogP contribution < -0.4 is 4.90 Å². The average Bonchev–Trinajstić information content (AvgIpc) is 2.46. The number of ether oxygens (including phenoxy) is 1. The van der Waals surface area contributed by atoms with Gasteiger partial charge in [0, 0.05) is 34.5 Å². The van der Waals surface area contributed by atoms with Crippen molar-refractivity contribution in [3.8, 4) is 0 Å². The highest BCUT2D eigenvalue weighted by atomic mass is 79.9. The number of fused-ring (bicyclic) bond motifs is 1. The molecule has 2 heterocycles. The highest BCUT2D eigenvalue weighted by molar-refractivity contribution is 9.10. The molecule has 0 amide bonds. The van der Waals surface area contributed by atoms with Crippen molar-refractivity contribution in [2.75, 3.05) is 23.9 Å². The van der Waals surface area contributed by atoms with Crippen LogP contribution in [-0.4, -0.2) is 36.2 Å². The number of anilines is 1. The topological polar surface area (TPSA) is 25.4 Å². The molecule has 1 aliphatic heterocycles. The van der Waals surface area contributed by atoms with E-state index in [0.29, 0.717) is 5.88 Å². The zero-order valence-electron chi connectivity index (χ0n) is 11.2. The van der Waals surface area contributed by atoms with Gasteiger partial charge in [0.2, 0.25) is 0 Å². The standard InChI is InChI=1S/C15H16BrClN2O/c1-10-8-19(9-11(7-17)20-10)15-13-3-2-4-14(16)12(13)5-6-18-15/h2-6,10-11H,7-9H2,1H3. The third-order valence-electron chi connectivity index (χ3n) is 3.53. The normalized spacial score (nSPS) is 23.2. The zero-order chi connectivity index (χ0) is 14.1. The number of halogens is 2. The Hall–Kier alpha value is -0.840. The highest BCUT2D eigenvalue weighted by Gasteiger charge is 2.26. The fourth-order valence-electron chi connectivity index (χ4n) is 2.71. The summed E-state index contributed by atoms with van der Waals surface area (Å²) in [5.41, 5.74) is 0. The Labute approximate surface area is 132 Å². The molecule has 1 fully saturated rings. The van der Waals surface area contributed by atoms with Crippen molar-refractivity contribution >= 4 is 44.1 Å². The summed E-state index contributed by atoms with van der Waals surface area (Å²) in [4.78, 5) is 6.86. The second kappa shape index (κ2) is 5.88. The smallest absolute Gasteiger partial charge is 0.136 e. The minimum absolute atomic E-state index is 0.0598. The van der Waals surface area contributed by atoms with Crippen LogP contribution in [0.2, 0.25) is 0 Å². The zero-order valence-corrected chi connectivity index (χ0v) is 13.6. The van der Waals surface area contributed by atoms with Crippen molar-refractivity contribution in [2.45, 2.75) is 19.1 Å². The summed E-state index contributed by atoms with van der Waals surface area (Å²) < 4.78 is 6.90. The van der Waals surface area contributed by atoms with Gasteiger partial charge in [-0.1, -0.05) is 28.1 Å². The molecule has 0 aliphatic carbocycles. The SMILES string of the molecule is CC1CN(c2nccc3c(Br)cccc23)CC(CCl)O1. The van der Waals surface area contributed by atoms with Gasteiger partial charge in [-0.15, -0.1) is 11.6 Å². The molecule has 0 spiro atoms. The number of pyridine rings is 1. The Kier molecular flexibility index (Phi) is 4.15. The van der Waals surface area contributed by atoms with Crippen LogP contribution in [0.5, 0.6) is 0 Å². The first kappa shape index (κ1) is 14.1. The second-order valence-corrected chi connectivity index (χ2v) is 6.26. The van der Waals surface area contributed by atoms with E-state index in [1.165, 1.54) is 5.39 Å². The summed E-state index contributed by atoms with van der Waals surface area (Å²) in [6.45, 7) is 3.70. The molecule has 0 radical (unpaired) electrons. The molecule has 0 bridgehead atoms. The second-order valence-electron chi connectivity index (χ2n) is 5.10. The van der Waals surface area contributed by atoms with Gasteiger partial charge in [0.15, 0.2) is 0 Å². The molecule has 0 N–H and O–H groups in total. The van der Waals surface area contributed by atoms with Gasteiger partial charge in [0.25, 0.3) is 0 Å². The summed E-state index contributed by atoms with van der Waals surface area (Å²) in [6.07, 6.45) is 2.08. The van der Waals surface area contributed by atoms with Gasteiger partial charge >= 0.3 is 0 Å². The van der Waals surface area contributed by atoms with Crippen LogP contribution in [-0.2, 0) is 4.74 Å².